The molecule has 1 atom stereocenters. The van der Waals surface area contributed by atoms with Gasteiger partial charge in [0.2, 0.25) is 5.88 Å². The van der Waals surface area contributed by atoms with Gasteiger partial charge in [-0.3, -0.25) is 14.9 Å². The minimum absolute atomic E-state index is 0.357. The summed E-state index contributed by atoms with van der Waals surface area (Å²) in [5.41, 5.74) is 2.89. The van der Waals surface area contributed by atoms with Crippen LogP contribution in [0, 0.1) is 0 Å². The van der Waals surface area contributed by atoms with Crippen molar-refractivity contribution in [2.75, 3.05) is 12.4 Å². The van der Waals surface area contributed by atoms with Crippen molar-refractivity contribution in [2.45, 2.75) is 38.6 Å². The summed E-state index contributed by atoms with van der Waals surface area (Å²) in [5.74, 6) is 0.720. The van der Waals surface area contributed by atoms with Crippen LogP contribution in [-0.2, 0) is 17.6 Å². The number of benzene rings is 1. The van der Waals surface area contributed by atoms with Crippen LogP contribution in [0.5, 0.6) is 5.75 Å². The SMILES string of the molecule is COc1ccc(-c2ccc(=O)n(C(C)C(=O)Nc3onc4c3CCCC4)n2)cc1. The van der Waals surface area contributed by atoms with Crippen LogP contribution in [0.1, 0.15) is 37.1 Å². The van der Waals surface area contributed by atoms with Crippen LogP contribution >= 0.6 is 0 Å². The summed E-state index contributed by atoms with van der Waals surface area (Å²) < 4.78 is 11.7. The van der Waals surface area contributed by atoms with Crippen LogP contribution in [0.2, 0.25) is 0 Å². The smallest absolute Gasteiger partial charge is 0.267 e. The van der Waals surface area contributed by atoms with E-state index in [2.05, 4.69) is 15.6 Å². The first-order valence-electron chi connectivity index (χ1n) is 9.59. The highest BCUT2D eigenvalue weighted by molar-refractivity contribution is 5.92. The number of amides is 1. The van der Waals surface area contributed by atoms with Gasteiger partial charge in [-0.25, -0.2) is 4.68 Å². The van der Waals surface area contributed by atoms with Crippen LogP contribution in [0.4, 0.5) is 5.88 Å². The Morgan fingerprint density at radius 2 is 1.93 bits per heavy atom. The zero-order valence-electron chi connectivity index (χ0n) is 16.3. The molecule has 0 spiro atoms. The molecule has 0 saturated heterocycles. The van der Waals surface area contributed by atoms with Crippen LogP contribution in [0.3, 0.4) is 0 Å². The summed E-state index contributed by atoms with van der Waals surface area (Å²) in [6.45, 7) is 1.63. The van der Waals surface area contributed by atoms with Crippen molar-refractivity contribution in [1.29, 1.82) is 0 Å². The van der Waals surface area contributed by atoms with Gasteiger partial charge in [0, 0.05) is 17.2 Å². The number of hydrogen-bond donors (Lipinski definition) is 1. The van der Waals surface area contributed by atoms with Gasteiger partial charge >= 0.3 is 0 Å². The molecule has 1 aliphatic carbocycles. The maximum Gasteiger partial charge on any atom is 0.267 e. The number of nitrogens with one attached hydrogen (secondary N) is 1. The van der Waals surface area contributed by atoms with E-state index in [1.807, 2.05) is 24.3 Å². The summed E-state index contributed by atoms with van der Waals surface area (Å²) >= 11 is 0. The van der Waals surface area contributed by atoms with Gasteiger partial charge < -0.3 is 9.26 Å². The molecule has 2 heterocycles. The van der Waals surface area contributed by atoms with Crippen molar-refractivity contribution in [3.05, 3.63) is 58.0 Å². The maximum atomic E-state index is 12.8. The number of carbonyl (C=O) groups excluding carboxylic acids is 1. The molecule has 1 N–H and O–H groups in total. The van der Waals surface area contributed by atoms with Gasteiger partial charge in [-0.2, -0.15) is 5.10 Å². The maximum absolute atomic E-state index is 12.8. The molecule has 1 aromatic carbocycles. The molecule has 8 nitrogen and oxygen atoms in total. The van der Waals surface area contributed by atoms with E-state index in [4.69, 9.17) is 9.26 Å². The molecule has 2 aromatic heterocycles. The van der Waals surface area contributed by atoms with Crippen molar-refractivity contribution in [1.82, 2.24) is 14.9 Å². The summed E-state index contributed by atoms with van der Waals surface area (Å²) in [6, 6.07) is 9.56. The van der Waals surface area contributed by atoms with Crippen molar-refractivity contribution >= 4 is 11.8 Å². The number of aryl methyl sites for hydroxylation is 1. The molecule has 0 saturated carbocycles. The van der Waals surface area contributed by atoms with Gasteiger partial charge in [-0.05, 0) is 62.9 Å². The van der Waals surface area contributed by atoms with E-state index in [9.17, 15) is 9.59 Å². The molecule has 29 heavy (non-hydrogen) atoms. The van der Waals surface area contributed by atoms with Gasteiger partial charge in [0.15, 0.2) is 0 Å². The quantitative estimate of drug-likeness (QED) is 0.714. The molecule has 150 valence electrons. The average molecular weight is 394 g/mol. The van der Waals surface area contributed by atoms with Gasteiger partial charge in [0.05, 0.1) is 18.5 Å². The van der Waals surface area contributed by atoms with Gasteiger partial charge in [-0.1, -0.05) is 5.16 Å². The molecule has 1 unspecified atom stereocenters. The third kappa shape index (κ3) is 3.78. The number of carbonyl (C=O) groups is 1. The number of rotatable bonds is 5. The Hall–Kier alpha value is -3.42. The molecule has 3 aromatic rings. The van der Waals surface area contributed by atoms with Crippen molar-refractivity contribution < 1.29 is 14.1 Å². The van der Waals surface area contributed by atoms with Crippen LogP contribution < -0.4 is 15.6 Å². The second kappa shape index (κ2) is 7.90. The van der Waals surface area contributed by atoms with E-state index < -0.39 is 6.04 Å². The first-order valence-corrected chi connectivity index (χ1v) is 9.59. The Balaban J connectivity index is 1.57. The normalized spacial score (nSPS) is 14.1. The first-order chi connectivity index (χ1) is 14.1. The summed E-state index contributed by atoms with van der Waals surface area (Å²) in [7, 11) is 1.60. The van der Waals surface area contributed by atoms with Crippen LogP contribution in [-0.4, -0.2) is 28.0 Å². The number of methoxy groups -OCH3 is 1. The lowest BCUT2D eigenvalue weighted by molar-refractivity contribution is -0.119. The van der Waals surface area contributed by atoms with Crippen molar-refractivity contribution in [3.63, 3.8) is 0 Å². The number of anilines is 1. The van der Waals surface area contributed by atoms with Crippen LogP contribution in [0.25, 0.3) is 11.3 Å². The van der Waals surface area contributed by atoms with Crippen LogP contribution in [0.15, 0.2) is 45.7 Å². The molecule has 0 radical (unpaired) electrons. The van der Waals surface area contributed by atoms with Crippen molar-refractivity contribution in [2.24, 2.45) is 0 Å². The van der Waals surface area contributed by atoms with E-state index in [0.29, 0.717) is 11.6 Å². The molecule has 0 bridgehead atoms. The Labute approximate surface area is 167 Å². The zero-order valence-corrected chi connectivity index (χ0v) is 16.3. The molecular formula is C21H22N4O4. The summed E-state index contributed by atoms with van der Waals surface area (Å²) in [4.78, 5) is 25.1. The van der Waals surface area contributed by atoms with Crippen molar-refractivity contribution in [3.8, 4) is 17.0 Å². The number of fused-ring (bicyclic) bond motifs is 1. The Morgan fingerprint density at radius 1 is 1.17 bits per heavy atom. The number of hydrogen-bond acceptors (Lipinski definition) is 6. The fourth-order valence-corrected chi connectivity index (χ4v) is 3.43. The largest absolute Gasteiger partial charge is 0.497 e. The third-order valence-corrected chi connectivity index (χ3v) is 5.15. The molecule has 1 amide bonds. The lowest BCUT2D eigenvalue weighted by Gasteiger charge is -2.15. The average Bonchev–Trinajstić information content (AvgIpc) is 3.16. The standard InChI is InChI=1S/C21H22N4O4/c1-13(20(27)22-21-16-5-3-4-6-18(16)24-29-21)25-19(26)12-11-17(23-25)14-7-9-15(28-2)10-8-14/h7-13H,3-6H2,1-2H3,(H,22,27). The fourth-order valence-electron chi connectivity index (χ4n) is 3.43. The number of aromatic nitrogens is 3. The fraction of sp³-hybridized carbons (Fsp3) is 0.333. The highest BCUT2D eigenvalue weighted by atomic mass is 16.5. The lowest BCUT2D eigenvalue weighted by Crippen LogP contribution is -2.33. The molecular weight excluding hydrogens is 372 g/mol. The summed E-state index contributed by atoms with van der Waals surface area (Å²) in [6.07, 6.45) is 3.79. The number of ether oxygens (including phenoxy) is 1. The molecule has 0 aliphatic heterocycles. The van der Waals surface area contributed by atoms with E-state index in [1.165, 1.54) is 10.7 Å². The minimum Gasteiger partial charge on any atom is -0.497 e. The lowest BCUT2D eigenvalue weighted by atomic mass is 9.98. The van der Waals surface area contributed by atoms with Gasteiger partial charge in [-0.15, -0.1) is 0 Å². The molecule has 4 rings (SSSR count). The topological polar surface area (TPSA) is 99.2 Å². The van der Waals surface area contributed by atoms with E-state index >= 15 is 0 Å². The Kier molecular flexibility index (Phi) is 5.16. The monoisotopic (exact) mass is 394 g/mol. The van der Waals surface area contributed by atoms with E-state index in [-0.39, 0.29) is 11.5 Å². The molecule has 0 fully saturated rings. The Bertz CT molecular complexity index is 1080. The molecule has 1 aliphatic rings. The minimum atomic E-state index is -0.815. The predicted molar refractivity (Wildman–Crippen MR) is 107 cm³/mol. The second-order valence-electron chi connectivity index (χ2n) is 7.04. The molecule has 8 heteroatoms. The Morgan fingerprint density at radius 3 is 2.69 bits per heavy atom. The van der Waals surface area contributed by atoms with Gasteiger partial charge in [0.1, 0.15) is 11.8 Å². The van der Waals surface area contributed by atoms with Gasteiger partial charge in [0.25, 0.3) is 11.5 Å². The third-order valence-electron chi connectivity index (χ3n) is 5.15. The first kappa shape index (κ1) is 18.9. The highest BCUT2D eigenvalue weighted by Crippen LogP contribution is 2.28. The summed E-state index contributed by atoms with van der Waals surface area (Å²) in [5, 5.41) is 11.2. The number of nitrogens with zero attached hydrogens (tertiary/aromatic N) is 3. The van der Waals surface area contributed by atoms with E-state index in [1.54, 1.807) is 20.1 Å². The zero-order chi connectivity index (χ0) is 20.4. The van der Waals surface area contributed by atoms with E-state index in [0.717, 1.165) is 48.3 Å². The predicted octanol–water partition coefficient (Wildman–Crippen LogP) is 2.99. The second-order valence-corrected chi connectivity index (χ2v) is 7.04. The highest BCUT2D eigenvalue weighted by Gasteiger charge is 2.24.